The van der Waals surface area contributed by atoms with E-state index in [0.717, 1.165) is 0 Å². The van der Waals surface area contributed by atoms with Crippen LogP contribution in [0.4, 0.5) is 0 Å². The van der Waals surface area contributed by atoms with Crippen LogP contribution < -0.4 is 47.7 Å². The van der Waals surface area contributed by atoms with Gasteiger partial charge in [0.2, 0.25) is 0 Å². The van der Waals surface area contributed by atoms with Crippen LogP contribution in [0.5, 0.6) is 0 Å². The zero-order valence-corrected chi connectivity index (χ0v) is 40.7. The van der Waals surface area contributed by atoms with Gasteiger partial charge in [0.05, 0.1) is 23.8 Å². The van der Waals surface area contributed by atoms with Gasteiger partial charge in [-0.15, -0.1) is 0 Å². The van der Waals surface area contributed by atoms with E-state index in [1.807, 2.05) is 0 Å². The van der Waals surface area contributed by atoms with Crippen LogP contribution in [0, 0.1) is 6.65 Å². The summed E-state index contributed by atoms with van der Waals surface area (Å²) in [7, 11) is -2.63. The third kappa shape index (κ3) is 14.6. The first kappa shape index (κ1) is 47.2. The zero-order valence-electron chi connectivity index (χ0n) is 33.6. The molecule has 0 saturated heterocycles. The van der Waals surface area contributed by atoms with Crippen LogP contribution in [-0.2, 0) is 21.3 Å². The molecule has 301 valence electrons. The third-order valence-electron chi connectivity index (χ3n) is 9.56. The molecule has 9 aromatic rings. The fourth-order valence-corrected chi connectivity index (χ4v) is 14.7. The van der Waals surface area contributed by atoms with Gasteiger partial charge >= 0.3 is 41.5 Å². The summed E-state index contributed by atoms with van der Waals surface area (Å²) in [5.74, 6) is 0. The molecule has 0 aliphatic rings. The summed E-state index contributed by atoms with van der Waals surface area (Å²) in [6, 6.07) is 97.5. The Morgan fingerprint density at radius 3 is 0.377 bits per heavy atom. The van der Waals surface area contributed by atoms with Crippen molar-refractivity contribution in [3.8, 4) is 0 Å². The molecule has 0 bridgehead atoms. The SMILES string of the molecule is [Br][Os].[C-]#[O+].c1ccc([PH+](c2ccccc2)c2ccccc2)cc1.c1ccc([PH+](c2ccccc2)c2ccccc2)cc1.c1ccc([PH+](c2ccccc2)c2ccccc2)cc1. The largest absolute Gasteiger partial charge is 0.102 e. The molecule has 0 saturated carbocycles. The molecule has 0 heterocycles. The Kier molecular flexibility index (Phi) is 21.6. The van der Waals surface area contributed by atoms with Gasteiger partial charge in [0, 0.05) is 0 Å². The molecule has 0 unspecified atom stereocenters. The zero-order chi connectivity index (χ0) is 42.7. The minimum absolute atomic E-state index is 0.877. The van der Waals surface area contributed by atoms with Crippen molar-refractivity contribution in [2.24, 2.45) is 0 Å². The van der Waals surface area contributed by atoms with E-state index in [4.69, 9.17) is 4.65 Å². The van der Waals surface area contributed by atoms with E-state index in [1.165, 1.54) is 47.7 Å². The third-order valence-corrected chi connectivity index (χ3v) is 17.8. The van der Waals surface area contributed by atoms with Gasteiger partial charge in [-0.3, -0.25) is 0 Å². The molecule has 0 radical (unpaired) electrons. The summed E-state index contributed by atoms with van der Waals surface area (Å²) >= 11 is 4.64. The molecule has 0 aromatic heterocycles. The summed E-state index contributed by atoms with van der Waals surface area (Å²) < 4.78 is 7.50. The Hall–Kier alpha value is -4.87. The predicted molar refractivity (Wildman–Crippen MR) is 272 cm³/mol. The van der Waals surface area contributed by atoms with Gasteiger partial charge in [0.25, 0.3) is 0 Å². The van der Waals surface area contributed by atoms with E-state index in [1.54, 1.807) is 16.6 Å². The van der Waals surface area contributed by atoms with Gasteiger partial charge in [-0.05, 0) is 109 Å². The van der Waals surface area contributed by atoms with Crippen LogP contribution in [0.25, 0.3) is 0 Å². The molecule has 0 N–H and O–H groups in total. The Morgan fingerprint density at radius 2 is 0.295 bits per heavy atom. The van der Waals surface area contributed by atoms with Gasteiger partial charge in [-0.2, -0.15) is 0 Å². The average Bonchev–Trinajstić information content (AvgIpc) is 3.37. The molecular weight excluding hydrogens is 1040 g/mol. The topological polar surface area (TPSA) is 19.9 Å². The van der Waals surface area contributed by atoms with Gasteiger partial charge in [0.1, 0.15) is 47.7 Å². The van der Waals surface area contributed by atoms with Crippen LogP contribution in [-0.4, -0.2) is 0 Å². The second kappa shape index (κ2) is 27.9. The number of halogens is 1. The maximum absolute atomic E-state index is 7.50. The summed E-state index contributed by atoms with van der Waals surface area (Å²) in [5, 5.41) is 12.9. The maximum atomic E-state index is 7.50. The van der Waals surface area contributed by atoms with Gasteiger partial charge in [-0.1, -0.05) is 164 Å². The van der Waals surface area contributed by atoms with Gasteiger partial charge < -0.3 is 0 Å². The van der Waals surface area contributed by atoms with Crippen molar-refractivity contribution >= 4 is 85.1 Å². The van der Waals surface area contributed by atoms with Crippen molar-refractivity contribution in [3.63, 3.8) is 0 Å². The van der Waals surface area contributed by atoms with Crippen molar-refractivity contribution in [2.75, 3.05) is 0 Å². The fraction of sp³-hybridized carbons (Fsp3) is 0. The second-order valence-corrected chi connectivity index (χ2v) is 20.9. The first-order valence-corrected chi connectivity index (χ1v) is 29.8. The molecule has 0 amide bonds. The number of hydrogen-bond acceptors (Lipinski definition) is 0. The average molecular weight is 1090 g/mol. The minimum Gasteiger partial charge on any atom is -0.0620 e. The van der Waals surface area contributed by atoms with Gasteiger partial charge in [-0.25, -0.2) is 0 Å². The summed E-state index contributed by atoms with van der Waals surface area (Å²) in [6.45, 7) is 4.50. The second-order valence-electron chi connectivity index (χ2n) is 13.4. The predicted octanol–water partition coefficient (Wildman–Crippen LogP) is 10.3. The summed E-state index contributed by atoms with van der Waals surface area (Å²) in [6.07, 6.45) is 0. The summed E-state index contributed by atoms with van der Waals surface area (Å²) in [4.78, 5) is 0. The normalized spacial score (nSPS) is 10.0. The van der Waals surface area contributed by atoms with Crippen LogP contribution in [0.3, 0.4) is 0 Å². The Morgan fingerprint density at radius 1 is 0.213 bits per heavy atom. The number of hydrogen-bond donors (Lipinski definition) is 0. The summed E-state index contributed by atoms with van der Waals surface area (Å²) in [5.41, 5.74) is 0. The van der Waals surface area contributed by atoms with E-state index < -0.39 is 23.8 Å². The van der Waals surface area contributed by atoms with Crippen LogP contribution in [0.2, 0.25) is 0 Å². The van der Waals surface area contributed by atoms with Crippen LogP contribution in [0.1, 0.15) is 0 Å². The van der Waals surface area contributed by atoms with Crippen molar-refractivity contribution in [1.82, 2.24) is 0 Å². The first-order chi connectivity index (χ1) is 30.3. The molecule has 9 aromatic carbocycles. The van der Waals surface area contributed by atoms with Gasteiger partial charge in [0.15, 0.2) is 0 Å². The van der Waals surface area contributed by atoms with Crippen LogP contribution in [0.15, 0.2) is 273 Å². The van der Waals surface area contributed by atoms with Crippen LogP contribution >= 0.6 is 37.3 Å². The molecule has 1 nitrogen and oxygen atoms in total. The standard InChI is InChI=1S/3C18H15P.CO.BrH.Os/c3*1-4-10-16(11-5-1)19(17-12-6-2-7-13-17)18-14-8-3-9-15-18;1-2;;/h3*1-15H;;1H;/q;;;;;+1/p+2. The molecule has 0 spiro atoms. The maximum Gasteiger partial charge on any atom is 0.102 e. The van der Waals surface area contributed by atoms with E-state index >= 15 is 0 Å². The molecule has 9 rings (SSSR count). The van der Waals surface area contributed by atoms with Crippen molar-refractivity contribution in [1.29, 1.82) is 0 Å². The Bertz CT molecular complexity index is 1920. The molecule has 0 atom stereocenters. The molecule has 61 heavy (non-hydrogen) atoms. The first-order valence-electron chi connectivity index (χ1n) is 19.8. The molecule has 0 aliphatic heterocycles. The van der Waals surface area contributed by atoms with Crippen molar-refractivity contribution < 1.29 is 21.3 Å². The number of benzene rings is 9. The molecular formula is C55H48BrOOsP3+3. The van der Waals surface area contributed by atoms with E-state index in [2.05, 4.69) is 293 Å². The van der Waals surface area contributed by atoms with E-state index in [9.17, 15) is 0 Å². The van der Waals surface area contributed by atoms with Crippen molar-refractivity contribution in [3.05, 3.63) is 280 Å². The monoisotopic (exact) mass is 1090 g/mol. The Labute approximate surface area is 383 Å². The molecule has 0 fully saturated rings. The van der Waals surface area contributed by atoms with Crippen molar-refractivity contribution in [2.45, 2.75) is 0 Å². The van der Waals surface area contributed by atoms with E-state index in [0.29, 0.717) is 0 Å². The molecule has 6 heteroatoms. The fourth-order valence-electron chi connectivity index (χ4n) is 6.94. The quantitative estimate of drug-likeness (QED) is 0.0780. The minimum atomic E-state index is -0.877. The smallest absolute Gasteiger partial charge is 0.0620 e. The Balaban J connectivity index is 0.000000166. The molecule has 0 aliphatic carbocycles. The van der Waals surface area contributed by atoms with E-state index in [-0.39, 0.29) is 0 Å². The number of rotatable bonds is 9.